The van der Waals surface area contributed by atoms with E-state index in [1.165, 1.54) is 12.1 Å². The van der Waals surface area contributed by atoms with Crippen LogP contribution in [0.3, 0.4) is 0 Å². The molecule has 0 saturated heterocycles. The number of aliphatic carboxylic acids is 2. The van der Waals surface area contributed by atoms with E-state index in [1.807, 2.05) is 56.3 Å². The Balaban J connectivity index is 0.000000188. The van der Waals surface area contributed by atoms with E-state index < -0.39 is 23.8 Å². The Labute approximate surface area is 436 Å². The SMILES string of the molecule is COc1ccc(F)c(-c2ccc(C3CCc4ccc([C@H](C5CC5)[C@H](C)C(=O)O)cc4O3)nc2C)c1.COc1ccc(F)c(-c2ccc(C3CCc4ccc([C@H](C5CC5)[C@H](C)C(=O)[O-])cc4O3)nc2C)c1.[Na+]. The number of carboxylic acids is 2. The first-order valence-electron chi connectivity index (χ1n) is 24.4. The van der Waals surface area contributed by atoms with Crippen LogP contribution in [-0.2, 0) is 22.4 Å². The van der Waals surface area contributed by atoms with E-state index in [0.29, 0.717) is 40.0 Å². The minimum absolute atomic E-state index is 0. The molecule has 4 aliphatic rings. The minimum Gasteiger partial charge on any atom is -0.550 e. The van der Waals surface area contributed by atoms with Crippen LogP contribution in [0.5, 0.6) is 23.0 Å². The molecule has 13 heteroatoms. The molecule has 364 valence electrons. The smallest absolute Gasteiger partial charge is 0.550 e. The molecular formula is C58H59F2N2NaO8. The van der Waals surface area contributed by atoms with Gasteiger partial charge in [0.25, 0.3) is 0 Å². The van der Waals surface area contributed by atoms with Gasteiger partial charge in [-0.15, -0.1) is 0 Å². The predicted molar refractivity (Wildman–Crippen MR) is 260 cm³/mol. The van der Waals surface area contributed by atoms with Crippen LogP contribution in [0.4, 0.5) is 8.78 Å². The van der Waals surface area contributed by atoms with Crippen molar-refractivity contribution in [3.05, 3.63) is 154 Å². The van der Waals surface area contributed by atoms with Gasteiger partial charge in [0, 0.05) is 45.5 Å². The Kier molecular flexibility index (Phi) is 15.9. The first-order chi connectivity index (χ1) is 33.7. The summed E-state index contributed by atoms with van der Waals surface area (Å²) >= 11 is 0. The van der Waals surface area contributed by atoms with Crippen LogP contribution in [0.15, 0.2) is 97.1 Å². The van der Waals surface area contributed by atoms with Crippen molar-refractivity contribution in [2.45, 2.75) is 103 Å². The zero-order chi connectivity index (χ0) is 49.4. The molecule has 2 aliphatic carbocycles. The maximum absolute atomic E-state index is 14.5. The zero-order valence-corrected chi connectivity index (χ0v) is 43.5. The summed E-state index contributed by atoms with van der Waals surface area (Å²) in [4.78, 5) is 32.9. The Morgan fingerprint density at radius 1 is 0.606 bits per heavy atom. The number of aryl methyl sites for hydroxylation is 4. The average molecular weight is 973 g/mol. The van der Waals surface area contributed by atoms with E-state index in [1.54, 1.807) is 52.3 Å². The van der Waals surface area contributed by atoms with Gasteiger partial charge >= 0.3 is 35.5 Å². The van der Waals surface area contributed by atoms with Gasteiger partial charge in [0.05, 0.1) is 31.5 Å². The van der Waals surface area contributed by atoms with E-state index in [-0.39, 0.29) is 65.2 Å². The van der Waals surface area contributed by atoms with Gasteiger partial charge in [-0.25, -0.2) is 8.78 Å². The molecular weight excluding hydrogens is 914 g/mol. The number of methoxy groups -OCH3 is 2. The summed E-state index contributed by atoms with van der Waals surface area (Å²) in [7, 11) is 3.12. The van der Waals surface area contributed by atoms with Crippen molar-refractivity contribution in [1.82, 2.24) is 9.97 Å². The number of ether oxygens (including phenoxy) is 4. The number of aromatic nitrogens is 2. The van der Waals surface area contributed by atoms with E-state index in [4.69, 9.17) is 28.9 Å². The van der Waals surface area contributed by atoms with E-state index >= 15 is 0 Å². The molecule has 10 nitrogen and oxygen atoms in total. The third-order valence-corrected chi connectivity index (χ3v) is 14.7. The normalized spacial score (nSPS) is 18.5. The second-order valence-electron chi connectivity index (χ2n) is 19.4. The van der Waals surface area contributed by atoms with E-state index in [0.717, 1.165) is 113 Å². The maximum atomic E-state index is 14.5. The molecule has 2 fully saturated rings. The summed E-state index contributed by atoms with van der Waals surface area (Å²) in [6.45, 7) is 7.28. The minimum atomic E-state index is -1.01. The molecule has 0 bridgehead atoms. The number of hydrogen-bond acceptors (Lipinski definition) is 9. The van der Waals surface area contributed by atoms with Gasteiger partial charge in [0.1, 0.15) is 46.8 Å². The molecule has 4 heterocycles. The number of fused-ring (bicyclic) bond motifs is 2. The van der Waals surface area contributed by atoms with Crippen molar-refractivity contribution in [2.24, 2.45) is 23.7 Å². The molecule has 0 amide bonds. The van der Waals surface area contributed by atoms with Crippen LogP contribution >= 0.6 is 0 Å². The summed E-state index contributed by atoms with van der Waals surface area (Å²) < 4.78 is 52.3. The van der Waals surface area contributed by atoms with Gasteiger partial charge in [0.15, 0.2) is 0 Å². The van der Waals surface area contributed by atoms with Crippen LogP contribution in [-0.4, -0.2) is 41.2 Å². The first kappa shape index (κ1) is 51.5. The number of pyridine rings is 2. The van der Waals surface area contributed by atoms with Crippen molar-refractivity contribution >= 4 is 11.9 Å². The molecule has 10 rings (SSSR count). The van der Waals surface area contributed by atoms with Crippen LogP contribution < -0.4 is 53.6 Å². The number of nitrogens with zero attached hydrogens (tertiary/aromatic N) is 2. The zero-order valence-electron chi connectivity index (χ0n) is 41.5. The van der Waals surface area contributed by atoms with Crippen molar-refractivity contribution in [2.75, 3.05) is 14.2 Å². The number of carbonyl (C=O) groups excluding carboxylic acids is 1. The Bertz CT molecular complexity index is 2740. The Morgan fingerprint density at radius 3 is 1.39 bits per heavy atom. The van der Waals surface area contributed by atoms with E-state index in [9.17, 15) is 28.6 Å². The quantitative estimate of drug-likeness (QED) is 0.106. The summed E-state index contributed by atoms with van der Waals surface area (Å²) in [5, 5.41) is 21.2. The summed E-state index contributed by atoms with van der Waals surface area (Å²) in [6, 6.07) is 29.2. The van der Waals surface area contributed by atoms with Gasteiger partial charge in [0.2, 0.25) is 0 Å². The number of hydrogen-bond donors (Lipinski definition) is 1. The number of halogens is 2. The Hall–Kier alpha value is -5.82. The Morgan fingerprint density at radius 2 is 1.03 bits per heavy atom. The molecule has 2 aliphatic heterocycles. The molecule has 71 heavy (non-hydrogen) atoms. The summed E-state index contributed by atoms with van der Waals surface area (Å²) in [5.74, 6) is 0.127. The largest absolute Gasteiger partial charge is 1.00 e. The molecule has 0 radical (unpaired) electrons. The van der Waals surface area contributed by atoms with Crippen LogP contribution in [0.25, 0.3) is 22.3 Å². The van der Waals surface area contributed by atoms with Crippen molar-refractivity contribution < 1.29 is 77.1 Å². The van der Waals surface area contributed by atoms with Crippen LogP contribution in [0, 0.1) is 49.2 Å². The van der Waals surface area contributed by atoms with Crippen molar-refractivity contribution in [1.29, 1.82) is 0 Å². The molecule has 6 atom stereocenters. The fourth-order valence-electron chi connectivity index (χ4n) is 10.5. The number of carboxylic acid groups (broad SMARTS) is 2. The van der Waals surface area contributed by atoms with Gasteiger partial charge in [-0.2, -0.15) is 0 Å². The molecule has 2 saturated carbocycles. The maximum Gasteiger partial charge on any atom is 1.00 e. The number of benzene rings is 4. The van der Waals surface area contributed by atoms with Gasteiger partial charge in [-0.3, -0.25) is 14.8 Å². The van der Waals surface area contributed by atoms with Crippen LogP contribution in [0.1, 0.15) is 121 Å². The third-order valence-electron chi connectivity index (χ3n) is 14.7. The average Bonchev–Trinajstić information content (AvgIpc) is 4.32. The van der Waals surface area contributed by atoms with Gasteiger partial charge < -0.3 is 34.0 Å². The number of carbonyl (C=O) groups is 2. The second kappa shape index (κ2) is 21.9. The fourth-order valence-corrected chi connectivity index (χ4v) is 10.5. The second-order valence-corrected chi connectivity index (χ2v) is 19.4. The number of rotatable bonds is 14. The molecule has 1 N–H and O–H groups in total. The molecule has 2 unspecified atom stereocenters. The summed E-state index contributed by atoms with van der Waals surface area (Å²) in [5.41, 5.74) is 9.68. The topological polar surface area (TPSA) is 140 Å². The molecule has 2 aromatic heterocycles. The van der Waals surface area contributed by atoms with Gasteiger partial charge in [-0.1, -0.05) is 50.2 Å². The third kappa shape index (κ3) is 11.3. The molecule has 6 aromatic rings. The van der Waals surface area contributed by atoms with E-state index in [2.05, 4.69) is 18.2 Å². The van der Waals surface area contributed by atoms with Crippen molar-refractivity contribution in [3.8, 4) is 45.3 Å². The summed E-state index contributed by atoms with van der Waals surface area (Å²) in [6.07, 6.45) is 7.09. The van der Waals surface area contributed by atoms with Crippen molar-refractivity contribution in [3.63, 3.8) is 0 Å². The standard InChI is InChI=1S/2C29H30FNO4.Na/c2*1-16(29(32)33)28(19-5-6-19)20-7-4-18-8-13-26(35-27(18)14-20)25-12-10-22(17(2)31-25)23-15-21(34-3)9-11-24(23)30;/h2*4,7,9-12,14-16,19,26,28H,5-6,8,13H2,1-3H3,(H,32,33);/q;;+1/p-1/t2*16-,26?,28-;/m00./s1. The monoisotopic (exact) mass is 972 g/mol. The first-order valence-corrected chi connectivity index (χ1v) is 24.4. The predicted octanol–water partition coefficient (Wildman–Crippen LogP) is 8.64. The van der Waals surface area contributed by atoms with Crippen LogP contribution in [0.2, 0.25) is 0 Å². The fraction of sp³-hybridized carbons (Fsp3) is 0.379. The molecule has 4 aromatic carbocycles. The van der Waals surface area contributed by atoms with Gasteiger partial charge in [-0.05, 0) is 172 Å². The molecule has 0 spiro atoms.